The normalized spacial score (nSPS) is 11.0. The number of anilines is 2. The number of benzene rings is 2. The molecule has 0 amide bonds. The summed E-state index contributed by atoms with van der Waals surface area (Å²) in [4.78, 5) is 8.65. The van der Waals surface area contributed by atoms with E-state index in [0.717, 1.165) is 27.9 Å². The molecule has 0 aliphatic rings. The molecule has 0 fully saturated rings. The summed E-state index contributed by atoms with van der Waals surface area (Å²) in [5, 5.41) is 4.26. The van der Waals surface area contributed by atoms with Gasteiger partial charge in [0.15, 0.2) is 11.4 Å². The van der Waals surface area contributed by atoms with Crippen molar-refractivity contribution in [2.24, 2.45) is 0 Å². The number of ether oxygens (including phenoxy) is 1. The van der Waals surface area contributed by atoms with E-state index in [0.29, 0.717) is 18.0 Å². The van der Waals surface area contributed by atoms with Gasteiger partial charge in [-0.25, -0.2) is 9.97 Å². The predicted molar refractivity (Wildman–Crippen MR) is 90.2 cm³/mol. The fourth-order valence-corrected chi connectivity index (χ4v) is 2.55. The Bertz CT molecular complexity index is 961. The third kappa shape index (κ3) is 2.46. The van der Waals surface area contributed by atoms with E-state index < -0.39 is 0 Å². The summed E-state index contributed by atoms with van der Waals surface area (Å²) in [5.74, 6) is 1.49. The van der Waals surface area contributed by atoms with Crippen LogP contribution in [-0.4, -0.2) is 16.6 Å². The molecule has 0 aliphatic carbocycles. The van der Waals surface area contributed by atoms with Crippen LogP contribution in [0.2, 0.25) is 0 Å². The third-order valence-electron chi connectivity index (χ3n) is 3.59. The van der Waals surface area contributed by atoms with Gasteiger partial charge in [-0.3, -0.25) is 0 Å². The average molecular weight is 305 g/mol. The number of nitrogens with one attached hydrogen (secondary N) is 1. The van der Waals surface area contributed by atoms with E-state index in [1.54, 1.807) is 6.33 Å². The number of para-hydroxylation sites is 1. The topological polar surface area (TPSA) is 60.2 Å². The molecule has 2 heterocycles. The maximum Gasteiger partial charge on any atom is 0.196 e. The highest BCUT2D eigenvalue weighted by atomic mass is 16.5. The Morgan fingerprint density at radius 2 is 1.87 bits per heavy atom. The summed E-state index contributed by atoms with van der Waals surface area (Å²) in [6.45, 7) is 2.61. The van der Waals surface area contributed by atoms with Gasteiger partial charge in [0.05, 0.1) is 6.61 Å². The van der Waals surface area contributed by atoms with Gasteiger partial charge in [-0.05, 0) is 43.3 Å². The minimum Gasteiger partial charge on any atom is -0.494 e. The highest BCUT2D eigenvalue weighted by molar-refractivity contribution is 6.05. The molecule has 0 atom stereocenters. The standard InChI is InChI=1S/C18H15N3O2/c1-2-22-13-9-7-12(8-10-13)21-18-17-16(19-11-20-18)14-5-3-4-6-15(14)23-17/h3-11H,2H2,1H3,(H,19,20,21). The first-order valence-corrected chi connectivity index (χ1v) is 7.47. The Morgan fingerprint density at radius 3 is 2.70 bits per heavy atom. The van der Waals surface area contributed by atoms with Crippen LogP contribution < -0.4 is 10.1 Å². The first kappa shape index (κ1) is 13.6. The van der Waals surface area contributed by atoms with Crippen LogP contribution in [0.3, 0.4) is 0 Å². The largest absolute Gasteiger partial charge is 0.494 e. The second kappa shape index (κ2) is 5.61. The Labute approximate surface area is 132 Å². The number of hydrogen-bond donors (Lipinski definition) is 1. The number of rotatable bonds is 4. The van der Waals surface area contributed by atoms with Crippen molar-refractivity contribution in [3.8, 4) is 5.75 Å². The average Bonchev–Trinajstić information content (AvgIpc) is 2.97. The van der Waals surface area contributed by atoms with E-state index in [1.165, 1.54) is 0 Å². The van der Waals surface area contributed by atoms with Crippen molar-refractivity contribution < 1.29 is 9.15 Å². The maximum atomic E-state index is 5.91. The molecule has 0 spiro atoms. The second-order valence-corrected chi connectivity index (χ2v) is 5.08. The lowest BCUT2D eigenvalue weighted by Gasteiger charge is -2.07. The van der Waals surface area contributed by atoms with Crippen molar-refractivity contribution in [1.29, 1.82) is 0 Å². The highest BCUT2D eigenvalue weighted by Crippen LogP contribution is 2.31. The lowest BCUT2D eigenvalue weighted by molar-refractivity contribution is 0.340. The summed E-state index contributed by atoms with van der Waals surface area (Å²) in [7, 11) is 0. The highest BCUT2D eigenvalue weighted by Gasteiger charge is 2.12. The van der Waals surface area contributed by atoms with Crippen molar-refractivity contribution in [2.75, 3.05) is 11.9 Å². The van der Waals surface area contributed by atoms with Crippen LogP contribution in [0.4, 0.5) is 11.5 Å². The maximum absolute atomic E-state index is 5.91. The van der Waals surface area contributed by atoms with Crippen molar-refractivity contribution in [2.45, 2.75) is 6.92 Å². The van der Waals surface area contributed by atoms with Gasteiger partial charge in [0.1, 0.15) is 23.2 Å². The minimum absolute atomic E-state index is 0.648. The summed E-state index contributed by atoms with van der Waals surface area (Å²) in [6, 6.07) is 15.6. The minimum atomic E-state index is 0.648. The molecule has 5 nitrogen and oxygen atoms in total. The number of furan rings is 1. The number of fused-ring (bicyclic) bond motifs is 3. The molecule has 114 valence electrons. The fourth-order valence-electron chi connectivity index (χ4n) is 2.55. The molecule has 4 aromatic rings. The Hall–Kier alpha value is -3.08. The number of hydrogen-bond acceptors (Lipinski definition) is 5. The van der Waals surface area contributed by atoms with E-state index in [4.69, 9.17) is 9.15 Å². The molecular formula is C18H15N3O2. The zero-order valence-electron chi connectivity index (χ0n) is 12.6. The summed E-state index contributed by atoms with van der Waals surface area (Å²) < 4.78 is 11.4. The fraction of sp³-hybridized carbons (Fsp3) is 0.111. The SMILES string of the molecule is CCOc1ccc(Nc2ncnc3c2oc2ccccc23)cc1. The quantitative estimate of drug-likeness (QED) is 0.600. The Kier molecular flexibility index (Phi) is 3.31. The molecular weight excluding hydrogens is 290 g/mol. The van der Waals surface area contributed by atoms with Crippen LogP contribution in [0.25, 0.3) is 22.1 Å². The van der Waals surface area contributed by atoms with Gasteiger partial charge in [-0.2, -0.15) is 0 Å². The van der Waals surface area contributed by atoms with Crippen molar-refractivity contribution in [3.63, 3.8) is 0 Å². The van der Waals surface area contributed by atoms with E-state index in [2.05, 4.69) is 15.3 Å². The zero-order chi connectivity index (χ0) is 15.6. The molecule has 23 heavy (non-hydrogen) atoms. The van der Waals surface area contributed by atoms with E-state index in [-0.39, 0.29) is 0 Å². The molecule has 0 unspecified atom stereocenters. The molecule has 5 heteroatoms. The van der Waals surface area contributed by atoms with Gasteiger partial charge in [0.25, 0.3) is 0 Å². The molecule has 4 rings (SSSR count). The monoisotopic (exact) mass is 305 g/mol. The number of aromatic nitrogens is 2. The molecule has 0 saturated heterocycles. The zero-order valence-corrected chi connectivity index (χ0v) is 12.6. The molecule has 1 N–H and O–H groups in total. The van der Waals surface area contributed by atoms with Crippen LogP contribution in [0.5, 0.6) is 5.75 Å². The van der Waals surface area contributed by atoms with Gasteiger partial charge < -0.3 is 14.5 Å². The van der Waals surface area contributed by atoms with Crippen LogP contribution in [0.15, 0.2) is 59.3 Å². The molecule has 0 radical (unpaired) electrons. The molecule has 0 bridgehead atoms. The Morgan fingerprint density at radius 1 is 1.04 bits per heavy atom. The van der Waals surface area contributed by atoms with Gasteiger partial charge >= 0.3 is 0 Å². The lowest BCUT2D eigenvalue weighted by atomic mass is 10.2. The predicted octanol–water partition coefficient (Wildman–Crippen LogP) is 4.52. The molecule has 0 saturated carbocycles. The lowest BCUT2D eigenvalue weighted by Crippen LogP contribution is -1.95. The summed E-state index contributed by atoms with van der Waals surface area (Å²) in [6.07, 6.45) is 1.54. The van der Waals surface area contributed by atoms with E-state index in [1.807, 2.05) is 55.5 Å². The van der Waals surface area contributed by atoms with Crippen molar-refractivity contribution >= 4 is 33.6 Å². The van der Waals surface area contributed by atoms with Gasteiger partial charge in [-0.1, -0.05) is 12.1 Å². The van der Waals surface area contributed by atoms with Crippen LogP contribution in [-0.2, 0) is 0 Å². The molecule has 2 aromatic carbocycles. The van der Waals surface area contributed by atoms with Crippen molar-refractivity contribution in [1.82, 2.24) is 9.97 Å². The first-order valence-electron chi connectivity index (χ1n) is 7.47. The first-order chi connectivity index (χ1) is 11.3. The van der Waals surface area contributed by atoms with Gasteiger partial charge in [0.2, 0.25) is 0 Å². The Balaban J connectivity index is 1.73. The molecule has 0 aliphatic heterocycles. The van der Waals surface area contributed by atoms with Gasteiger partial charge in [0, 0.05) is 11.1 Å². The van der Waals surface area contributed by atoms with Crippen LogP contribution in [0.1, 0.15) is 6.92 Å². The molecule has 2 aromatic heterocycles. The van der Waals surface area contributed by atoms with Crippen molar-refractivity contribution in [3.05, 3.63) is 54.9 Å². The smallest absolute Gasteiger partial charge is 0.196 e. The second-order valence-electron chi connectivity index (χ2n) is 5.08. The summed E-state index contributed by atoms with van der Waals surface area (Å²) in [5.41, 5.74) is 3.18. The van der Waals surface area contributed by atoms with E-state index >= 15 is 0 Å². The third-order valence-corrected chi connectivity index (χ3v) is 3.59. The van der Waals surface area contributed by atoms with E-state index in [9.17, 15) is 0 Å². The number of nitrogens with zero attached hydrogens (tertiary/aromatic N) is 2. The van der Waals surface area contributed by atoms with Crippen LogP contribution >= 0.6 is 0 Å². The van der Waals surface area contributed by atoms with Gasteiger partial charge in [-0.15, -0.1) is 0 Å². The summed E-state index contributed by atoms with van der Waals surface area (Å²) >= 11 is 0. The van der Waals surface area contributed by atoms with Crippen LogP contribution in [0, 0.1) is 0 Å².